The van der Waals surface area contributed by atoms with Gasteiger partial charge in [0.1, 0.15) is 5.76 Å². The molecule has 5 heteroatoms. The van der Waals surface area contributed by atoms with Crippen LogP contribution < -0.4 is 0 Å². The van der Waals surface area contributed by atoms with Crippen molar-refractivity contribution >= 4 is 5.91 Å². The Kier molecular flexibility index (Phi) is 14.5. The zero-order valence-electron chi connectivity index (χ0n) is 15.0. The summed E-state index contributed by atoms with van der Waals surface area (Å²) in [6.45, 7) is 12.9. The molecule has 0 spiro atoms. The average Bonchev–Trinajstić information content (AvgIpc) is 3.00. The zero-order chi connectivity index (χ0) is 16.4. The van der Waals surface area contributed by atoms with Crippen LogP contribution in [-0.2, 0) is 50.3 Å². The van der Waals surface area contributed by atoms with Gasteiger partial charge in [-0.2, -0.15) is 6.92 Å². The Hall–Kier alpha value is -0.216. The van der Waals surface area contributed by atoms with Crippen LogP contribution in [0.4, 0.5) is 0 Å². The van der Waals surface area contributed by atoms with E-state index in [1.165, 1.54) is 18.4 Å². The molecule has 22 heavy (non-hydrogen) atoms. The van der Waals surface area contributed by atoms with Crippen LogP contribution in [0.2, 0.25) is 0 Å². The van der Waals surface area contributed by atoms with Crippen LogP contribution in [-0.4, -0.2) is 18.1 Å². The van der Waals surface area contributed by atoms with Gasteiger partial charge in [-0.05, 0) is 19.3 Å². The number of aromatic nitrogens is 1. The standard InChI is InChI=1S/C13H20N2O2.C2H6.C2H5.Y/c1-8(9(2)13(16)14-3)12-10-6-4-5-7-11(10)17-15-12;2*1-2;/h8-9H,4-7H2,1-3H3,(H,14,16);1-2H3;1H2,2H3;/q;;-1;/p-1. The first-order valence-electron chi connectivity index (χ1n) is 7.96. The minimum absolute atomic E-state index is 0. The minimum atomic E-state index is -0.129. The number of hydrogen-bond donors (Lipinski definition) is 0. The zero-order valence-corrected chi connectivity index (χ0v) is 17.8. The van der Waals surface area contributed by atoms with E-state index in [0.29, 0.717) is 0 Å². The first kappa shape index (κ1) is 24.0. The van der Waals surface area contributed by atoms with E-state index in [4.69, 9.17) is 4.52 Å². The smallest absolute Gasteiger partial charge is 0.140 e. The Balaban J connectivity index is 0. The first-order chi connectivity index (χ1) is 10.1. The molecule has 2 unspecified atom stereocenters. The normalized spacial score (nSPS) is 14.7. The van der Waals surface area contributed by atoms with Gasteiger partial charge in [-0.15, -0.1) is 7.05 Å². The molecule has 2 atom stereocenters. The van der Waals surface area contributed by atoms with Gasteiger partial charge in [-0.25, -0.2) is 0 Å². The molecule has 1 heterocycles. The van der Waals surface area contributed by atoms with Crippen molar-refractivity contribution < 1.29 is 42.0 Å². The van der Waals surface area contributed by atoms with Crippen molar-refractivity contribution in [1.82, 2.24) is 5.16 Å². The number of hydrogen-bond acceptors (Lipinski definition) is 3. The molecule has 0 fully saturated rings. The predicted molar refractivity (Wildman–Crippen MR) is 87.4 cm³/mol. The van der Waals surface area contributed by atoms with Gasteiger partial charge in [0.15, 0.2) is 0 Å². The summed E-state index contributed by atoms with van der Waals surface area (Å²) in [6.07, 6.45) is 4.38. The molecule has 1 amide bonds. The summed E-state index contributed by atoms with van der Waals surface area (Å²) in [7, 11) is 1.55. The molecule has 1 aliphatic carbocycles. The van der Waals surface area contributed by atoms with Crippen molar-refractivity contribution in [2.24, 2.45) is 5.92 Å². The number of carbonyl (C=O) groups is 1. The van der Waals surface area contributed by atoms with E-state index in [2.05, 4.69) is 17.4 Å². The Morgan fingerprint density at radius 2 is 1.77 bits per heavy atom. The maximum absolute atomic E-state index is 11.6. The Labute approximate surface area is 161 Å². The van der Waals surface area contributed by atoms with Crippen molar-refractivity contribution in [1.29, 1.82) is 0 Å². The number of aryl methyl sites for hydroxylation is 1. The van der Waals surface area contributed by atoms with Crippen molar-refractivity contribution in [3.8, 4) is 0 Å². The van der Waals surface area contributed by atoms with Crippen LogP contribution in [0.15, 0.2) is 4.52 Å². The average molecular weight is 383 g/mol. The molecule has 125 valence electrons. The van der Waals surface area contributed by atoms with Crippen molar-refractivity contribution in [2.75, 3.05) is 7.05 Å². The molecule has 2 rings (SSSR count). The van der Waals surface area contributed by atoms with Crippen LogP contribution >= 0.6 is 0 Å². The summed E-state index contributed by atoms with van der Waals surface area (Å²) in [5, 5.41) is 7.90. The monoisotopic (exact) mass is 383 g/mol. The Morgan fingerprint density at radius 3 is 2.32 bits per heavy atom. The molecule has 1 radical (unpaired) electrons. The van der Waals surface area contributed by atoms with Gasteiger partial charge in [0.05, 0.1) is 11.6 Å². The molecular weight excluding hydrogens is 353 g/mol. The minimum Gasteiger partial charge on any atom is -0.656 e. The summed E-state index contributed by atoms with van der Waals surface area (Å²) in [6, 6.07) is 0. The predicted octanol–water partition coefficient (Wildman–Crippen LogP) is 4.69. The van der Waals surface area contributed by atoms with Crippen molar-refractivity contribution in [3.05, 3.63) is 29.3 Å². The molecule has 4 nitrogen and oxygen atoms in total. The molecule has 0 aromatic carbocycles. The van der Waals surface area contributed by atoms with E-state index >= 15 is 0 Å². The van der Waals surface area contributed by atoms with Crippen LogP contribution in [0.3, 0.4) is 0 Å². The summed E-state index contributed by atoms with van der Waals surface area (Å²) < 4.78 is 5.38. The van der Waals surface area contributed by atoms with Crippen LogP contribution in [0.5, 0.6) is 0 Å². The van der Waals surface area contributed by atoms with Crippen LogP contribution in [0, 0.1) is 12.8 Å². The molecule has 0 N–H and O–H groups in total. The maximum atomic E-state index is 11.6. The molecule has 1 aliphatic rings. The summed E-state index contributed by atoms with van der Waals surface area (Å²) >= 11 is 0. The third kappa shape index (κ3) is 6.12. The third-order valence-electron chi connectivity index (χ3n) is 3.77. The summed E-state index contributed by atoms with van der Waals surface area (Å²) in [5.74, 6) is 0.907. The number of fused-ring (bicyclic) bond motifs is 1. The van der Waals surface area contributed by atoms with Gasteiger partial charge >= 0.3 is 0 Å². The van der Waals surface area contributed by atoms with Gasteiger partial charge in [-0.1, -0.05) is 32.9 Å². The molecule has 0 saturated carbocycles. The second-order valence-corrected chi connectivity index (χ2v) is 4.82. The molecule has 0 saturated heterocycles. The van der Waals surface area contributed by atoms with Crippen LogP contribution in [0.25, 0.3) is 5.32 Å². The summed E-state index contributed by atoms with van der Waals surface area (Å²) in [4.78, 5) is 11.6. The van der Waals surface area contributed by atoms with E-state index in [0.717, 1.165) is 24.3 Å². The number of nitrogens with zero attached hydrogens (tertiary/aromatic N) is 2. The van der Waals surface area contributed by atoms with Gasteiger partial charge in [0, 0.05) is 56.5 Å². The van der Waals surface area contributed by atoms with E-state index in [-0.39, 0.29) is 50.5 Å². The Bertz CT molecular complexity index is 419. The van der Waals surface area contributed by atoms with Crippen LogP contribution in [0.1, 0.15) is 70.4 Å². The fourth-order valence-electron chi connectivity index (χ4n) is 2.42. The molecule has 1 aromatic rings. The van der Waals surface area contributed by atoms with Crippen molar-refractivity contribution in [2.45, 2.75) is 66.2 Å². The SMILES string of the molecule is CC.C[N-]C(=O)C(C)C(C)c1noc2c1CCCC2.[CH2-]C.[Y]. The number of rotatable bonds is 3. The second kappa shape index (κ2) is 13.2. The van der Waals surface area contributed by atoms with E-state index in [1.807, 2.05) is 27.7 Å². The van der Waals surface area contributed by atoms with E-state index < -0.39 is 0 Å². The van der Waals surface area contributed by atoms with Crippen molar-refractivity contribution in [3.63, 3.8) is 0 Å². The van der Waals surface area contributed by atoms with Gasteiger partial charge in [0.25, 0.3) is 0 Å². The topological polar surface area (TPSA) is 57.2 Å². The van der Waals surface area contributed by atoms with Gasteiger partial charge in [0.2, 0.25) is 0 Å². The number of amides is 1. The van der Waals surface area contributed by atoms with Gasteiger partial charge < -0.3 is 21.6 Å². The molecule has 1 aromatic heterocycles. The fourth-order valence-corrected chi connectivity index (χ4v) is 2.42. The first-order valence-corrected chi connectivity index (χ1v) is 7.96. The third-order valence-corrected chi connectivity index (χ3v) is 3.77. The summed E-state index contributed by atoms with van der Waals surface area (Å²) in [5.41, 5.74) is 2.20. The maximum Gasteiger partial charge on any atom is 0.140 e. The molecule has 0 bridgehead atoms. The fraction of sp³-hybridized carbons (Fsp3) is 0.706. The second-order valence-electron chi connectivity index (χ2n) is 4.82. The number of carbonyl (C=O) groups excluding carboxylic acids is 1. The Morgan fingerprint density at radius 1 is 1.23 bits per heavy atom. The van der Waals surface area contributed by atoms with E-state index in [9.17, 15) is 4.79 Å². The largest absolute Gasteiger partial charge is 0.656 e. The quantitative estimate of drug-likeness (QED) is 0.712. The van der Waals surface area contributed by atoms with Gasteiger partial charge in [-0.3, -0.25) is 0 Å². The van der Waals surface area contributed by atoms with E-state index in [1.54, 1.807) is 14.0 Å². The molecular formula is C17H30N2O2Y-2. The molecule has 0 aliphatic heterocycles.